The lowest BCUT2D eigenvalue weighted by Crippen LogP contribution is -2.51. The average Bonchev–Trinajstić information content (AvgIpc) is 3.22. The number of piperidine rings is 1. The van der Waals surface area contributed by atoms with Gasteiger partial charge in [0.25, 0.3) is 0 Å². The second kappa shape index (κ2) is 3.20. The molecule has 9 unspecified atom stereocenters. The van der Waals surface area contributed by atoms with Crippen molar-refractivity contribution in [3.8, 4) is 0 Å². The second-order valence-corrected chi connectivity index (χ2v) is 9.51. The fraction of sp³-hybridized carbons (Fsp3) is 0.944. The third kappa shape index (κ3) is 1.26. The fourth-order valence-corrected chi connectivity index (χ4v) is 7.90. The van der Waals surface area contributed by atoms with Gasteiger partial charge in [-0.3, -0.25) is 4.79 Å². The van der Waals surface area contributed by atoms with Crippen molar-refractivity contribution in [2.24, 2.45) is 35.0 Å². The predicted octanol–water partition coefficient (Wildman–Crippen LogP) is 2.18. The van der Waals surface area contributed by atoms with Crippen LogP contribution in [0, 0.1) is 35.0 Å². The molecule has 114 valence electrons. The van der Waals surface area contributed by atoms with Crippen molar-refractivity contribution in [1.29, 1.82) is 0 Å². The zero-order valence-electron chi connectivity index (χ0n) is 12.8. The second-order valence-electron chi connectivity index (χ2n) is 9.51. The minimum atomic E-state index is -0.407. The molecule has 1 spiro atoms. The molecule has 7 rings (SSSR count). The van der Waals surface area contributed by atoms with E-state index in [2.05, 4.69) is 11.8 Å². The van der Waals surface area contributed by atoms with Crippen molar-refractivity contribution in [3.63, 3.8) is 0 Å². The summed E-state index contributed by atoms with van der Waals surface area (Å²) in [7, 11) is 0. The van der Waals surface area contributed by atoms with E-state index in [-0.39, 0.29) is 11.3 Å². The number of likely N-dealkylation sites (tertiary alicyclic amines) is 1. The number of carbonyl (C=O) groups excluding carboxylic acids is 1. The summed E-state index contributed by atoms with van der Waals surface area (Å²) in [6, 6.07) is 1.06. The highest BCUT2D eigenvalue weighted by Crippen LogP contribution is 2.80. The Balaban J connectivity index is 1.35. The summed E-state index contributed by atoms with van der Waals surface area (Å²) in [5.74, 6) is 3.57. The molecule has 7 fully saturated rings. The van der Waals surface area contributed by atoms with E-state index in [1.165, 1.54) is 25.7 Å². The van der Waals surface area contributed by atoms with E-state index in [1.807, 2.05) is 0 Å². The van der Waals surface area contributed by atoms with Gasteiger partial charge >= 0.3 is 0 Å². The Hall–Kier alpha value is -0.570. The van der Waals surface area contributed by atoms with Crippen LogP contribution in [0.2, 0.25) is 0 Å². The molecule has 1 amide bonds. The number of aliphatic hydroxyl groups is 1. The largest absolute Gasteiger partial charge is 0.390 e. The Bertz CT molecular complexity index is 559. The molecule has 0 aromatic carbocycles. The average molecular weight is 287 g/mol. The van der Waals surface area contributed by atoms with E-state index in [1.54, 1.807) is 0 Å². The van der Waals surface area contributed by atoms with Crippen LogP contribution in [0.15, 0.2) is 0 Å². The fourth-order valence-electron chi connectivity index (χ4n) is 7.90. The number of fused-ring (bicyclic) bond motifs is 1. The van der Waals surface area contributed by atoms with Crippen LogP contribution in [-0.4, -0.2) is 33.6 Å². The van der Waals surface area contributed by atoms with E-state index in [0.29, 0.717) is 35.7 Å². The van der Waals surface area contributed by atoms with Gasteiger partial charge in [0.1, 0.15) is 0 Å². The highest BCUT2D eigenvalue weighted by Gasteiger charge is 2.79. The third-order valence-corrected chi connectivity index (χ3v) is 8.20. The van der Waals surface area contributed by atoms with Gasteiger partial charge in [0.05, 0.1) is 5.60 Å². The maximum Gasteiger partial charge on any atom is 0.227 e. The van der Waals surface area contributed by atoms with Crippen LogP contribution >= 0.6 is 0 Å². The molecular formula is C18H25NO2. The molecule has 1 saturated heterocycles. The summed E-state index contributed by atoms with van der Waals surface area (Å²) in [6.07, 6.45) is 7.96. The number of nitrogens with zero attached hydrogens (tertiary/aromatic N) is 1. The SMILES string of the molecule is CC1CC2CC2N1C(=O)C1C2C3CC4CC(O)(C3)CC12C4. The summed E-state index contributed by atoms with van der Waals surface area (Å²) in [5, 5.41) is 10.8. The molecule has 1 N–H and O–H groups in total. The van der Waals surface area contributed by atoms with Gasteiger partial charge in [0.2, 0.25) is 5.91 Å². The minimum absolute atomic E-state index is 0.225. The number of hydrogen-bond donors (Lipinski definition) is 1. The van der Waals surface area contributed by atoms with Gasteiger partial charge in [-0.15, -0.1) is 0 Å². The van der Waals surface area contributed by atoms with E-state index < -0.39 is 5.60 Å². The van der Waals surface area contributed by atoms with Gasteiger partial charge in [-0.1, -0.05) is 0 Å². The molecule has 3 nitrogen and oxygen atoms in total. The Morgan fingerprint density at radius 2 is 2.00 bits per heavy atom. The van der Waals surface area contributed by atoms with Gasteiger partial charge in [-0.25, -0.2) is 0 Å². The highest BCUT2D eigenvalue weighted by atomic mass is 16.3. The van der Waals surface area contributed by atoms with Crippen LogP contribution in [0.25, 0.3) is 0 Å². The number of amides is 1. The van der Waals surface area contributed by atoms with E-state index in [4.69, 9.17) is 0 Å². The van der Waals surface area contributed by atoms with Crippen LogP contribution in [0.3, 0.4) is 0 Å². The van der Waals surface area contributed by atoms with Gasteiger partial charge in [-0.05, 0) is 81.0 Å². The molecule has 9 atom stereocenters. The normalized spacial score (nSPS) is 65.2. The lowest BCUT2D eigenvalue weighted by molar-refractivity contribution is -0.138. The quantitative estimate of drug-likeness (QED) is 0.803. The summed E-state index contributed by atoms with van der Waals surface area (Å²) in [5.41, 5.74) is -0.182. The first-order valence-corrected chi connectivity index (χ1v) is 9.05. The third-order valence-electron chi connectivity index (χ3n) is 8.20. The lowest BCUT2D eigenvalue weighted by Gasteiger charge is -2.53. The van der Waals surface area contributed by atoms with Gasteiger partial charge in [0.15, 0.2) is 0 Å². The molecule has 7 aliphatic rings. The Labute approximate surface area is 126 Å². The molecule has 0 aromatic heterocycles. The van der Waals surface area contributed by atoms with Crippen LogP contribution < -0.4 is 0 Å². The Morgan fingerprint density at radius 3 is 2.71 bits per heavy atom. The van der Waals surface area contributed by atoms with Gasteiger partial charge in [-0.2, -0.15) is 0 Å². The topological polar surface area (TPSA) is 40.5 Å². The molecule has 3 heteroatoms. The standard InChI is InChI=1S/C18H25NO2/c1-9-2-11-4-13(11)19(9)16(20)15-14-12-3-10-5-17(21,7-12)8-18(14,15)6-10/h9-15,21H,2-8H2,1H3. The molecule has 21 heavy (non-hydrogen) atoms. The zero-order chi connectivity index (χ0) is 14.1. The van der Waals surface area contributed by atoms with Crippen molar-refractivity contribution in [1.82, 2.24) is 4.90 Å². The summed E-state index contributed by atoms with van der Waals surface area (Å²) < 4.78 is 0. The maximum absolute atomic E-state index is 13.2. The van der Waals surface area contributed by atoms with E-state index in [0.717, 1.165) is 25.2 Å². The van der Waals surface area contributed by atoms with Crippen molar-refractivity contribution in [3.05, 3.63) is 0 Å². The monoisotopic (exact) mass is 287 g/mol. The molecule has 1 heterocycles. The zero-order valence-corrected chi connectivity index (χ0v) is 12.8. The molecule has 6 saturated carbocycles. The predicted molar refractivity (Wildman–Crippen MR) is 77.2 cm³/mol. The van der Waals surface area contributed by atoms with Crippen LogP contribution in [0.5, 0.6) is 0 Å². The summed E-state index contributed by atoms with van der Waals surface area (Å²) >= 11 is 0. The summed E-state index contributed by atoms with van der Waals surface area (Å²) in [4.78, 5) is 15.5. The van der Waals surface area contributed by atoms with Crippen LogP contribution in [0.4, 0.5) is 0 Å². The molecular weight excluding hydrogens is 262 g/mol. The van der Waals surface area contributed by atoms with E-state index >= 15 is 0 Å². The lowest BCUT2D eigenvalue weighted by atomic mass is 9.54. The summed E-state index contributed by atoms with van der Waals surface area (Å²) in [6.45, 7) is 2.24. The van der Waals surface area contributed by atoms with E-state index in [9.17, 15) is 9.90 Å². The number of carbonyl (C=O) groups is 1. The number of hydrogen-bond acceptors (Lipinski definition) is 2. The Morgan fingerprint density at radius 1 is 1.14 bits per heavy atom. The maximum atomic E-state index is 13.2. The molecule has 0 aromatic rings. The van der Waals surface area contributed by atoms with Crippen molar-refractivity contribution in [2.75, 3.05) is 0 Å². The van der Waals surface area contributed by atoms with Crippen molar-refractivity contribution in [2.45, 2.75) is 69.6 Å². The molecule has 6 aliphatic carbocycles. The smallest absolute Gasteiger partial charge is 0.227 e. The molecule has 0 radical (unpaired) electrons. The first kappa shape index (κ1) is 11.9. The van der Waals surface area contributed by atoms with Crippen molar-refractivity contribution < 1.29 is 9.90 Å². The van der Waals surface area contributed by atoms with Crippen LogP contribution in [-0.2, 0) is 4.79 Å². The molecule has 1 aliphatic heterocycles. The van der Waals surface area contributed by atoms with Gasteiger partial charge in [0, 0.05) is 18.0 Å². The first-order chi connectivity index (χ1) is 10.0. The Kier molecular flexibility index (Phi) is 1.82. The van der Waals surface area contributed by atoms with Crippen LogP contribution in [0.1, 0.15) is 51.9 Å². The molecule has 4 bridgehead atoms. The number of rotatable bonds is 1. The first-order valence-electron chi connectivity index (χ1n) is 9.05. The van der Waals surface area contributed by atoms with Gasteiger partial charge < -0.3 is 10.0 Å². The minimum Gasteiger partial charge on any atom is -0.390 e. The van der Waals surface area contributed by atoms with Crippen molar-refractivity contribution >= 4 is 5.91 Å². The highest BCUT2D eigenvalue weighted by molar-refractivity contribution is 5.85.